The molecule has 1 heteroatoms. The Morgan fingerprint density at radius 3 is 2.83 bits per heavy atom. The molecule has 0 saturated carbocycles. The topological polar surface area (TPSA) is 9.23 Å². The molecule has 2 atom stereocenters. The summed E-state index contributed by atoms with van der Waals surface area (Å²) in [6.45, 7) is 2.15. The molecular formula is C11H10O. The summed E-state index contributed by atoms with van der Waals surface area (Å²) in [6, 6.07) is 6.42. The van der Waals surface area contributed by atoms with Crippen LogP contribution in [-0.2, 0) is 4.74 Å². The maximum absolute atomic E-state index is 5.71. The van der Waals surface area contributed by atoms with Crippen LogP contribution in [0.15, 0.2) is 30.4 Å². The van der Waals surface area contributed by atoms with Gasteiger partial charge in [0.1, 0.15) is 12.2 Å². The summed E-state index contributed by atoms with van der Waals surface area (Å²) in [4.78, 5) is 0. The standard InChI is InChI=1S/C11H10O/c1-7-3-2-4-8-9-5-6-10(12-9)11(7)8/h2-6,9-10H,1H3/t9-,10+/m0/s1. The summed E-state index contributed by atoms with van der Waals surface area (Å²) in [5.41, 5.74) is 4.11. The van der Waals surface area contributed by atoms with Gasteiger partial charge in [-0.25, -0.2) is 0 Å². The monoisotopic (exact) mass is 158 g/mol. The van der Waals surface area contributed by atoms with Gasteiger partial charge in [-0.15, -0.1) is 0 Å². The Bertz CT molecular complexity index is 365. The van der Waals surface area contributed by atoms with Crippen molar-refractivity contribution in [1.29, 1.82) is 0 Å². The molecule has 0 aliphatic carbocycles. The normalized spacial score (nSPS) is 29.4. The summed E-state index contributed by atoms with van der Waals surface area (Å²) < 4.78 is 5.71. The Balaban J connectivity index is 2.30. The van der Waals surface area contributed by atoms with E-state index in [1.165, 1.54) is 16.7 Å². The molecule has 0 unspecified atom stereocenters. The van der Waals surface area contributed by atoms with Crippen molar-refractivity contribution in [2.75, 3.05) is 0 Å². The average molecular weight is 158 g/mol. The third kappa shape index (κ3) is 0.625. The fourth-order valence-corrected chi connectivity index (χ4v) is 2.13. The molecular weight excluding hydrogens is 148 g/mol. The van der Waals surface area contributed by atoms with Gasteiger partial charge in [0.25, 0.3) is 0 Å². The molecule has 0 radical (unpaired) electrons. The SMILES string of the molecule is Cc1cccc2c1[C@H]1C=C[C@@H]2O1. The predicted molar refractivity (Wildman–Crippen MR) is 46.9 cm³/mol. The minimum Gasteiger partial charge on any atom is -0.357 e. The fraction of sp³-hybridized carbons (Fsp3) is 0.273. The first-order valence-electron chi connectivity index (χ1n) is 4.29. The van der Waals surface area contributed by atoms with Crippen LogP contribution in [0.2, 0.25) is 0 Å². The Morgan fingerprint density at radius 2 is 2.00 bits per heavy atom. The van der Waals surface area contributed by atoms with Crippen molar-refractivity contribution in [3.8, 4) is 0 Å². The quantitative estimate of drug-likeness (QED) is 0.527. The zero-order chi connectivity index (χ0) is 8.13. The first kappa shape index (κ1) is 6.44. The molecule has 0 N–H and O–H groups in total. The molecule has 2 aliphatic rings. The minimum atomic E-state index is 0.241. The van der Waals surface area contributed by atoms with Gasteiger partial charge in [-0.05, 0) is 23.6 Å². The molecule has 1 nitrogen and oxygen atoms in total. The van der Waals surface area contributed by atoms with Gasteiger partial charge in [-0.3, -0.25) is 0 Å². The molecule has 1 aromatic rings. The Morgan fingerprint density at radius 1 is 1.17 bits per heavy atom. The zero-order valence-corrected chi connectivity index (χ0v) is 6.95. The lowest BCUT2D eigenvalue weighted by atomic mass is 9.93. The highest BCUT2D eigenvalue weighted by atomic mass is 16.5. The van der Waals surface area contributed by atoms with Crippen molar-refractivity contribution in [2.45, 2.75) is 19.1 Å². The van der Waals surface area contributed by atoms with Crippen LogP contribution in [0.5, 0.6) is 0 Å². The van der Waals surface area contributed by atoms with Crippen molar-refractivity contribution in [1.82, 2.24) is 0 Å². The van der Waals surface area contributed by atoms with E-state index in [1.807, 2.05) is 0 Å². The van der Waals surface area contributed by atoms with Crippen LogP contribution in [0, 0.1) is 6.92 Å². The van der Waals surface area contributed by atoms with Gasteiger partial charge >= 0.3 is 0 Å². The second-order valence-corrected chi connectivity index (χ2v) is 3.44. The molecule has 12 heavy (non-hydrogen) atoms. The van der Waals surface area contributed by atoms with E-state index in [-0.39, 0.29) is 12.2 Å². The minimum absolute atomic E-state index is 0.241. The first-order valence-corrected chi connectivity index (χ1v) is 4.29. The number of benzene rings is 1. The summed E-state index contributed by atoms with van der Waals surface area (Å²) in [5, 5.41) is 0. The number of rotatable bonds is 0. The lowest BCUT2D eigenvalue weighted by molar-refractivity contribution is 0.0877. The van der Waals surface area contributed by atoms with Gasteiger partial charge in [0.05, 0.1) is 0 Å². The highest BCUT2D eigenvalue weighted by Gasteiger charge is 2.33. The van der Waals surface area contributed by atoms with Crippen molar-refractivity contribution >= 4 is 0 Å². The second kappa shape index (κ2) is 1.99. The van der Waals surface area contributed by atoms with Crippen molar-refractivity contribution in [3.05, 3.63) is 47.0 Å². The van der Waals surface area contributed by atoms with Gasteiger partial charge < -0.3 is 4.74 Å². The predicted octanol–water partition coefficient (Wildman–Crippen LogP) is 2.68. The van der Waals surface area contributed by atoms with Gasteiger partial charge in [0, 0.05) is 0 Å². The van der Waals surface area contributed by atoms with E-state index < -0.39 is 0 Å². The fourth-order valence-electron chi connectivity index (χ4n) is 2.13. The van der Waals surface area contributed by atoms with Crippen LogP contribution in [0.3, 0.4) is 0 Å². The molecule has 2 heterocycles. The van der Waals surface area contributed by atoms with E-state index in [4.69, 9.17) is 4.74 Å². The number of aryl methyl sites for hydroxylation is 1. The molecule has 2 bridgehead atoms. The third-order valence-corrected chi connectivity index (χ3v) is 2.70. The van der Waals surface area contributed by atoms with Gasteiger partial charge in [-0.1, -0.05) is 30.4 Å². The van der Waals surface area contributed by atoms with Crippen LogP contribution in [0.4, 0.5) is 0 Å². The first-order chi connectivity index (χ1) is 5.86. The van der Waals surface area contributed by atoms with Gasteiger partial charge in [0.2, 0.25) is 0 Å². The lowest BCUT2D eigenvalue weighted by Gasteiger charge is -2.08. The molecule has 2 aliphatic heterocycles. The van der Waals surface area contributed by atoms with Crippen LogP contribution >= 0.6 is 0 Å². The number of ether oxygens (including phenoxy) is 1. The van der Waals surface area contributed by atoms with Gasteiger partial charge in [0.15, 0.2) is 0 Å². The van der Waals surface area contributed by atoms with E-state index >= 15 is 0 Å². The van der Waals surface area contributed by atoms with Gasteiger partial charge in [-0.2, -0.15) is 0 Å². The molecule has 0 fully saturated rings. The smallest absolute Gasteiger partial charge is 0.103 e. The van der Waals surface area contributed by atoms with Crippen molar-refractivity contribution in [2.24, 2.45) is 0 Å². The number of hydrogen-bond donors (Lipinski definition) is 0. The molecule has 3 rings (SSSR count). The maximum Gasteiger partial charge on any atom is 0.103 e. The summed E-state index contributed by atoms with van der Waals surface area (Å²) in [6.07, 6.45) is 4.78. The van der Waals surface area contributed by atoms with Crippen molar-refractivity contribution in [3.63, 3.8) is 0 Å². The third-order valence-electron chi connectivity index (χ3n) is 2.70. The van der Waals surface area contributed by atoms with Crippen LogP contribution in [0.25, 0.3) is 0 Å². The number of fused-ring (bicyclic) bond motifs is 5. The summed E-state index contributed by atoms with van der Waals surface area (Å²) in [5.74, 6) is 0. The van der Waals surface area contributed by atoms with E-state index in [2.05, 4.69) is 37.3 Å². The molecule has 0 spiro atoms. The number of hydrogen-bond acceptors (Lipinski definition) is 1. The van der Waals surface area contributed by atoms with E-state index in [9.17, 15) is 0 Å². The summed E-state index contributed by atoms with van der Waals surface area (Å²) in [7, 11) is 0. The molecule has 0 saturated heterocycles. The van der Waals surface area contributed by atoms with E-state index in [0.717, 1.165) is 0 Å². The Kier molecular flexibility index (Phi) is 1.07. The van der Waals surface area contributed by atoms with E-state index in [1.54, 1.807) is 0 Å². The Hall–Kier alpha value is -1.08. The van der Waals surface area contributed by atoms with E-state index in [0.29, 0.717) is 0 Å². The zero-order valence-electron chi connectivity index (χ0n) is 6.95. The van der Waals surface area contributed by atoms with Crippen molar-refractivity contribution < 1.29 is 4.74 Å². The van der Waals surface area contributed by atoms with Crippen LogP contribution in [-0.4, -0.2) is 0 Å². The second-order valence-electron chi connectivity index (χ2n) is 3.44. The lowest BCUT2D eigenvalue weighted by Crippen LogP contribution is -1.95. The summed E-state index contributed by atoms with van der Waals surface area (Å²) >= 11 is 0. The molecule has 0 amide bonds. The highest BCUT2D eigenvalue weighted by molar-refractivity contribution is 5.47. The molecule has 1 aromatic carbocycles. The van der Waals surface area contributed by atoms with Crippen LogP contribution in [0.1, 0.15) is 28.9 Å². The largest absolute Gasteiger partial charge is 0.357 e. The molecule has 0 aromatic heterocycles. The molecule has 60 valence electrons. The maximum atomic E-state index is 5.71. The Labute approximate surface area is 71.7 Å². The highest BCUT2D eigenvalue weighted by Crippen LogP contribution is 2.46. The average Bonchev–Trinajstić information content (AvgIpc) is 2.64. The van der Waals surface area contributed by atoms with Crippen LogP contribution < -0.4 is 0 Å².